The molecule has 0 aromatic heterocycles. The zero-order chi connectivity index (χ0) is 6.57. The Hall–Kier alpha value is -0.780. The fraction of sp³-hybridized carbons (Fsp3) is 0.500. The molecule has 0 bridgehead atoms. The van der Waals surface area contributed by atoms with Crippen molar-refractivity contribution in [1.29, 1.82) is 0 Å². The van der Waals surface area contributed by atoms with Crippen LogP contribution < -0.4 is 5.73 Å². The van der Waals surface area contributed by atoms with Gasteiger partial charge in [0.25, 0.3) is 0 Å². The molecular formula is C2H4N2O3S. The number of amides is 1. The molecule has 1 amide bonds. The second-order valence-electron chi connectivity index (χ2n) is 0.963. The molecule has 0 unspecified atom stereocenters. The number of carbonyl (C=O) groups is 1. The van der Waals surface area contributed by atoms with E-state index in [9.17, 15) is 14.9 Å². The topological polar surface area (TPSA) is 86.2 Å². The van der Waals surface area contributed by atoms with E-state index in [-0.39, 0.29) is 17.7 Å². The third-order valence-corrected chi connectivity index (χ3v) is 0.937. The summed E-state index contributed by atoms with van der Waals surface area (Å²) in [7, 11) is 0. The molecule has 8 heavy (non-hydrogen) atoms. The molecule has 0 spiro atoms. The van der Waals surface area contributed by atoms with Crippen LogP contribution in [0.15, 0.2) is 0 Å². The molecule has 5 nitrogen and oxygen atoms in total. The third kappa shape index (κ3) is 5.22. The maximum atomic E-state index is 9.80. The molecule has 0 heterocycles. The Morgan fingerprint density at radius 3 is 2.50 bits per heavy atom. The number of rotatable bonds is 3. The molecule has 0 aliphatic rings. The van der Waals surface area contributed by atoms with Crippen LogP contribution in [0.25, 0.3) is 0 Å². The molecule has 0 fully saturated rings. The Morgan fingerprint density at radius 1 is 1.88 bits per heavy atom. The van der Waals surface area contributed by atoms with Gasteiger partial charge in [-0.15, -0.1) is 0 Å². The average molecular weight is 136 g/mol. The first-order valence-corrected chi connectivity index (χ1v) is 2.63. The zero-order valence-electron chi connectivity index (χ0n) is 3.86. The van der Waals surface area contributed by atoms with E-state index in [1.54, 1.807) is 0 Å². The van der Waals surface area contributed by atoms with Crippen molar-refractivity contribution in [3.63, 3.8) is 0 Å². The minimum atomic E-state index is -0.674. The standard InChI is InChI=1S/C2H4N2O3S/c3-2(5)1-8-4(6)7/h1H2,(H2,3,5). The summed E-state index contributed by atoms with van der Waals surface area (Å²) in [4.78, 5) is 19.3. The highest BCUT2D eigenvalue weighted by Crippen LogP contribution is 1.96. The monoisotopic (exact) mass is 136 g/mol. The maximum absolute atomic E-state index is 9.80. The highest BCUT2D eigenvalue weighted by Gasteiger charge is 2.02. The van der Waals surface area contributed by atoms with Crippen LogP contribution in [0.3, 0.4) is 0 Å². The van der Waals surface area contributed by atoms with Crippen LogP contribution in [-0.4, -0.2) is 16.0 Å². The van der Waals surface area contributed by atoms with Crippen molar-refractivity contribution in [3.8, 4) is 0 Å². The van der Waals surface area contributed by atoms with Crippen molar-refractivity contribution < 1.29 is 9.12 Å². The number of hydrogen-bond donors (Lipinski definition) is 1. The summed E-state index contributed by atoms with van der Waals surface area (Å²) in [6, 6.07) is 0. The summed E-state index contributed by atoms with van der Waals surface area (Å²) in [5, 5.41) is 9.46. The van der Waals surface area contributed by atoms with E-state index in [4.69, 9.17) is 0 Å². The van der Waals surface area contributed by atoms with Gasteiger partial charge in [0.2, 0.25) is 17.9 Å². The molecule has 0 aromatic carbocycles. The van der Waals surface area contributed by atoms with Crippen LogP contribution >= 0.6 is 11.9 Å². The van der Waals surface area contributed by atoms with Gasteiger partial charge in [0.1, 0.15) is 10.1 Å². The van der Waals surface area contributed by atoms with Gasteiger partial charge in [-0.1, -0.05) is 0 Å². The Morgan fingerprint density at radius 2 is 2.38 bits per heavy atom. The summed E-state index contributed by atoms with van der Waals surface area (Å²) >= 11 is 0.287. The van der Waals surface area contributed by atoms with Crippen molar-refractivity contribution in [3.05, 3.63) is 10.1 Å². The fourth-order valence-electron chi connectivity index (χ4n) is 0.116. The van der Waals surface area contributed by atoms with E-state index in [1.807, 2.05) is 0 Å². The second kappa shape index (κ2) is 3.25. The van der Waals surface area contributed by atoms with Crippen LogP contribution in [0.2, 0.25) is 0 Å². The largest absolute Gasteiger partial charge is 0.369 e. The van der Waals surface area contributed by atoms with E-state index in [1.165, 1.54) is 0 Å². The number of carbonyl (C=O) groups excluding carboxylic acids is 1. The summed E-state index contributed by atoms with van der Waals surface area (Å²) in [5.74, 6) is -0.931. The van der Waals surface area contributed by atoms with Crippen molar-refractivity contribution in [2.75, 3.05) is 5.75 Å². The minimum Gasteiger partial charge on any atom is -0.369 e. The first-order chi connectivity index (χ1) is 3.63. The molecule has 6 heteroatoms. The molecule has 0 aliphatic heterocycles. The van der Waals surface area contributed by atoms with Gasteiger partial charge >= 0.3 is 0 Å². The lowest BCUT2D eigenvalue weighted by molar-refractivity contribution is -0.283. The summed E-state index contributed by atoms with van der Waals surface area (Å²) in [6.45, 7) is 0. The van der Waals surface area contributed by atoms with Gasteiger partial charge in [0.15, 0.2) is 0 Å². The average Bonchev–Trinajstić information content (AvgIpc) is 1.61. The molecular weight excluding hydrogens is 132 g/mol. The number of nitrogens with zero attached hydrogens (tertiary/aromatic N) is 1. The van der Waals surface area contributed by atoms with E-state index in [2.05, 4.69) is 5.73 Å². The van der Waals surface area contributed by atoms with Crippen molar-refractivity contribution in [2.45, 2.75) is 0 Å². The third-order valence-electron chi connectivity index (χ3n) is 0.312. The highest BCUT2D eigenvalue weighted by atomic mass is 32.2. The molecule has 0 aliphatic carbocycles. The molecule has 0 radical (unpaired) electrons. The fourth-order valence-corrected chi connectivity index (χ4v) is 0.349. The van der Waals surface area contributed by atoms with E-state index in [0.717, 1.165) is 0 Å². The second-order valence-corrected chi connectivity index (χ2v) is 1.81. The predicted octanol–water partition coefficient (Wildman–Crippen LogP) is -0.603. The normalized spacial score (nSPS) is 8.50. The molecule has 0 aromatic rings. The van der Waals surface area contributed by atoms with Crippen molar-refractivity contribution in [1.82, 2.24) is 0 Å². The Kier molecular flexibility index (Phi) is 2.93. The number of nitrogens with two attached hydrogens (primary N) is 1. The summed E-state index contributed by atoms with van der Waals surface area (Å²) < 4.78 is -0.662. The Balaban J connectivity index is 3.18. The number of primary amides is 1. The predicted molar refractivity (Wildman–Crippen MR) is 28.6 cm³/mol. The van der Waals surface area contributed by atoms with Crippen LogP contribution in [0, 0.1) is 10.1 Å². The summed E-state index contributed by atoms with van der Waals surface area (Å²) in [6.07, 6.45) is 0. The summed E-state index contributed by atoms with van der Waals surface area (Å²) in [5.41, 5.74) is 4.58. The Labute approximate surface area is 49.5 Å². The highest BCUT2D eigenvalue weighted by molar-refractivity contribution is 7.94. The van der Waals surface area contributed by atoms with Gasteiger partial charge < -0.3 is 5.73 Å². The first kappa shape index (κ1) is 7.22. The molecule has 0 saturated carbocycles. The van der Waals surface area contributed by atoms with Crippen LogP contribution in [0.4, 0.5) is 0 Å². The van der Waals surface area contributed by atoms with Gasteiger partial charge in [-0.2, -0.15) is 0 Å². The quantitative estimate of drug-likeness (QED) is 0.318. The van der Waals surface area contributed by atoms with Gasteiger partial charge in [-0.3, -0.25) is 14.9 Å². The van der Waals surface area contributed by atoms with Crippen LogP contribution in [0.5, 0.6) is 0 Å². The van der Waals surface area contributed by atoms with Gasteiger partial charge in [-0.05, 0) is 0 Å². The number of hydrogen-bond acceptors (Lipinski definition) is 4. The van der Waals surface area contributed by atoms with Crippen molar-refractivity contribution in [2.24, 2.45) is 5.73 Å². The van der Waals surface area contributed by atoms with Gasteiger partial charge in [0.05, 0.1) is 0 Å². The molecule has 0 atom stereocenters. The molecule has 2 N–H and O–H groups in total. The maximum Gasteiger partial charge on any atom is 0.238 e. The van der Waals surface area contributed by atoms with E-state index >= 15 is 0 Å². The zero-order valence-corrected chi connectivity index (χ0v) is 4.68. The minimum absolute atomic E-state index is 0.257. The molecule has 0 saturated heterocycles. The van der Waals surface area contributed by atoms with E-state index < -0.39 is 10.2 Å². The lowest BCUT2D eigenvalue weighted by Gasteiger charge is -1.81. The van der Waals surface area contributed by atoms with E-state index in [0.29, 0.717) is 0 Å². The SMILES string of the molecule is NC(=O)CS[N+](=O)[O-]. The smallest absolute Gasteiger partial charge is 0.238 e. The first-order valence-electron chi connectivity index (χ1n) is 1.68. The molecule has 0 rings (SSSR count). The van der Waals surface area contributed by atoms with Crippen molar-refractivity contribution >= 4 is 17.9 Å². The van der Waals surface area contributed by atoms with Gasteiger partial charge in [-0.25, -0.2) is 0 Å². The molecule has 46 valence electrons. The Bertz CT molecular complexity index is 99.9. The number of nitro groups is 1. The van der Waals surface area contributed by atoms with Crippen LogP contribution in [-0.2, 0) is 4.79 Å². The van der Waals surface area contributed by atoms with Gasteiger partial charge in [0, 0.05) is 0 Å². The van der Waals surface area contributed by atoms with Crippen LogP contribution in [0.1, 0.15) is 0 Å². The lowest BCUT2D eigenvalue weighted by atomic mass is 10.8. The lowest BCUT2D eigenvalue weighted by Crippen LogP contribution is -2.14.